The van der Waals surface area contributed by atoms with E-state index in [1.807, 2.05) is 11.7 Å². The molecule has 0 aromatic carbocycles. The maximum Gasteiger partial charge on any atom is 0.151 e. The van der Waals surface area contributed by atoms with E-state index in [4.69, 9.17) is 4.52 Å². The molecule has 5 heteroatoms. The maximum atomic E-state index is 5.72. The van der Waals surface area contributed by atoms with Crippen LogP contribution in [0.25, 0.3) is 0 Å². The normalized spacial score (nSPS) is 19.0. The lowest BCUT2D eigenvalue weighted by Crippen LogP contribution is -2.25. The van der Waals surface area contributed by atoms with Gasteiger partial charge in [0.15, 0.2) is 5.76 Å². The number of nitrogens with zero attached hydrogens (tertiary/aromatic N) is 4. The van der Waals surface area contributed by atoms with E-state index < -0.39 is 0 Å². The van der Waals surface area contributed by atoms with Gasteiger partial charge in [0.05, 0.1) is 17.9 Å². The van der Waals surface area contributed by atoms with Gasteiger partial charge < -0.3 is 4.52 Å². The first kappa shape index (κ1) is 16.8. The molecule has 0 bridgehead atoms. The van der Waals surface area contributed by atoms with Crippen molar-refractivity contribution in [2.75, 3.05) is 0 Å². The molecule has 0 amide bonds. The van der Waals surface area contributed by atoms with Crippen molar-refractivity contribution >= 4 is 0 Å². The fourth-order valence-electron chi connectivity index (χ4n) is 4.20. The molecule has 2 aromatic rings. The molecule has 2 heterocycles. The highest BCUT2D eigenvalue weighted by molar-refractivity contribution is 5.24. The van der Waals surface area contributed by atoms with Crippen LogP contribution >= 0.6 is 0 Å². The Bertz CT molecular complexity index is 722. The van der Waals surface area contributed by atoms with Crippen molar-refractivity contribution in [1.82, 2.24) is 19.8 Å². The summed E-state index contributed by atoms with van der Waals surface area (Å²) < 4.78 is 7.71. The molecule has 0 saturated heterocycles. The van der Waals surface area contributed by atoms with E-state index in [1.54, 1.807) is 0 Å². The Morgan fingerprint density at radius 1 is 1.12 bits per heavy atom. The van der Waals surface area contributed by atoms with Crippen molar-refractivity contribution in [1.29, 1.82) is 0 Å². The molecule has 0 N–H and O–H groups in total. The van der Waals surface area contributed by atoms with Crippen LogP contribution in [0.2, 0.25) is 0 Å². The molecular weight excluding hydrogens is 312 g/mol. The van der Waals surface area contributed by atoms with Gasteiger partial charge in [-0.2, -0.15) is 5.10 Å². The van der Waals surface area contributed by atoms with Crippen LogP contribution in [0.3, 0.4) is 0 Å². The van der Waals surface area contributed by atoms with Gasteiger partial charge in [-0.3, -0.25) is 9.58 Å². The van der Waals surface area contributed by atoms with Crippen molar-refractivity contribution in [3.05, 3.63) is 34.5 Å². The quantitative estimate of drug-likeness (QED) is 0.788. The second kappa shape index (κ2) is 6.94. The Morgan fingerprint density at radius 3 is 2.52 bits per heavy atom. The third kappa shape index (κ3) is 3.66. The van der Waals surface area contributed by atoms with Crippen molar-refractivity contribution in [3.63, 3.8) is 0 Å². The lowest BCUT2D eigenvalue weighted by Gasteiger charge is -2.21. The molecule has 2 fully saturated rings. The summed E-state index contributed by atoms with van der Waals surface area (Å²) in [7, 11) is 2.03. The van der Waals surface area contributed by atoms with Crippen LogP contribution in [-0.2, 0) is 20.1 Å². The molecule has 0 radical (unpaired) electrons. The van der Waals surface area contributed by atoms with E-state index in [0.29, 0.717) is 12.0 Å². The summed E-state index contributed by atoms with van der Waals surface area (Å²) in [6.07, 6.45) is 9.17. The molecule has 4 rings (SSSR count). The fraction of sp³-hybridized carbons (Fsp3) is 0.700. The van der Waals surface area contributed by atoms with Crippen LogP contribution in [0, 0.1) is 13.8 Å². The zero-order valence-electron chi connectivity index (χ0n) is 15.8. The highest BCUT2D eigenvalue weighted by Crippen LogP contribution is 2.34. The van der Waals surface area contributed by atoms with Crippen molar-refractivity contribution in [2.24, 2.45) is 7.05 Å². The number of hydrogen-bond acceptors (Lipinski definition) is 4. The summed E-state index contributed by atoms with van der Waals surface area (Å²) in [5, 5.41) is 8.97. The SMILES string of the molecule is Cc1nn(C)c(C)c1CN(Cc1cc(C2CCCCC2)no1)C1CC1. The van der Waals surface area contributed by atoms with Crippen LogP contribution in [0.4, 0.5) is 0 Å². The second-order valence-corrected chi connectivity index (χ2v) is 7.96. The Hall–Kier alpha value is -1.62. The molecule has 0 atom stereocenters. The maximum absolute atomic E-state index is 5.72. The minimum absolute atomic E-state index is 0.614. The Morgan fingerprint density at radius 2 is 1.88 bits per heavy atom. The van der Waals surface area contributed by atoms with Crippen LogP contribution in [0.5, 0.6) is 0 Å². The van der Waals surface area contributed by atoms with Crippen LogP contribution in [0.1, 0.15) is 79.3 Å². The summed E-state index contributed by atoms with van der Waals surface area (Å²) >= 11 is 0. The van der Waals surface area contributed by atoms with Gasteiger partial charge in [-0.15, -0.1) is 0 Å². The van der Waals surface area contributed by atoms with Gasteiger partial charge in [0.1, 0.15) is 0 Å². The first-order chi connectivity index (χ1) is 12.1. The number of hydrogen-bond donors (Lipinski definition) is 0. The standard InChI is InChI=1S/C20H30N4O/c1-14-19(15(2)23(3)21-14)13-24(17-9-10-17)12-18-11-20(22-25-18)16-7-5-4-6-8-16/h11,16-17H,4-10,12-13H2,1-3H3. The number of aryl methyl sites for hydroxylation is 2. The topological polar surface area (TPSA) is 47.1 Å². The van der Waals surface area contributed by atoms with Crippen molar-refractivity contribution < 1.29 is 4.52 Å². The van der Waals surface area contributed by atoms with Gasteiger partial charge in [-0.25, -0.2) is 0 Å². The summed E-state index contributed by atoms with van der Waals surface area (Å²) in [6, 6.07) is 2.90. The Labute approximate surface area is 150 Å². The van der Waals surface area contributed by atoms with E-state index >= 15 is 0 Å². The Kier molecular flexibility index (Phi) is 4.67. The summed E-state index contributed by atoms with van der Waals surface area (Å²) in [6.45, 7) is 6.09. The summed E-state index contributed by atoms with van der Waals surface area (Å²) in [5.74, 6) is 1.63. The molecular formula is C20H30N4O. The minimum atomic E-state index is 0.614. The van der Waals surface area contributed by atoms with Crippen molar-refractivity contribution in [3.8, 4) is 0 Å². The van der Waals surface area contributed by atoms with Crippen LogP contribution in [0.15, 0.2) is 10.6 Å². The van der Waals surface area contributed by atoms with E-state index in [2.05, 4.69) is 35.1 Å². The smallest absolute Gasteiger partial charge is 0.151 e. The molecule has 2 saturated carbocycles. The molecule has 2 aromatic heterocycles. The lowest BCUT2D eigenvalue weighted by molar-refractivity contribution is 0.212. The van der Waals surface area contributed by atoms with Gasteiger partial charge in [-0.05, 0) is 39.5 Å². The van der Waals surface area contributed by atoms with E-state index in [9.17, 15) is 0 Å². The first-order valence-electron chi connectivity index (χ1n) is 9.80. The van der Waals surface area contributed by atoms with E-state index in [-0.39, 0.29) is 0 Å². The highest BCUT2D eigenvalue weighted by atomic mass is 16.5. The average molecular weight is 342 g/mol. The molecule has 2 aliphatic carbocycles. The molecule has 136 valence electrons. The van der Waals surface area contributed by atoms with Crippen LogP contribution in [-0.4, -0.2) is 25.9 Å². The van der Waals surface area contributed by atoms with Crippen molar-refractivity contribution in [2.45, 2.75) is 83.8 Å². The minimum Gasteiger partial charge on any atom is -0.360 e. The van der Waals surface area contributed by atoms with Crippen LogP contribution < -0.4 is 0 Å². The molecule has 0 spiro atoms. The third-order valence-corrected chi connectivity index (χ3v) is 6.04. The lowest BCUT2D eigenvalue weighted by atomic mass is 9.87. The molecule has 0 aliphatic heterocycles. The largest absolute Gasteiger partial charge is 0.360 e. The molecule has 2 aliphatic rings. The summed E-state index contributed by atoms with van der Waals surface area (Å²) in [4.78, 5) is 2.54. The number of rotatable bonds is 6. The van der Waals surface area contributed by atoms with Gasteiger partial charge in [-0.1, -0.05) is 24.4 Å². The zero-order chi connectivity index (χ0) is 17.4. The van der Waals surface area contributed by atoms with E-state index in [1.165, 1.54) is 61.9 Å². The van der Waals surface area contributed by atoms with Gasteiger partial charge in [0.25, 0.3) is 0 Å². The van der Waals surface area contributed by atoms with Gasteiger partial charge in [0, 0.05) is 42.9 Å². The van der Waals surface area contributed by atoms with E-state index in [0.717, 1.165) is 24.5 Å². The number of aromatic nitrogens is 3. The third-order valence-electron chi connectivity index (χ3n) is 6.04. The molecule has 0 unspecified atom stereocenters. The predicted molar refractivity (Wildman–Crippen MR) is 97.3 cm³/mol. The Balaban J connectivity index is 1.46. The monoisotopic (exact) mass is 342 g/mol. The highest BCUT2D eigenvalue weighted by Gasteiger charge is 2.31. The summed E-state index contributed by atoms with van der Waals surface area (Å²) in [5.41, 5.74) is 4.95. The first-order valence-corrected chi connectivity index (χ1v) is 9.80. The molecule has 25 heavy (non-hydrogen) atoms. The average Bonchev–Trinajstić information content (AvgIpc) is 3.31. The second-order valence-electron chi connectivity index (χ2n) is 7.96. The zero-order valence-corrected chi connectivity index (χ0v) is 15.8. The fourth-order valence-corrected chi connectivity index (χ4v) is 4.20. The predicted octanol–water partition coefficient (Wildman–Crippen LogP) is 4.24. The van der Waals surface area contributed by atoms with Gasteiger partial charge in [0.2, 0.25) is 0 Å². The molecule has 5 nitrogen and oxygen atoms in total. The van der Waals surface area contributed by atoms with Gasteiger partial charge >= 0.3 is 0 Å².